The van der Waals surface area contributed by atoms with E-state index in [2.05, 4.69) is 82.0 Å². The van der Waals surface area contributed by atoms with E-state index >= 15 is 0 Å². The molecule has 0 radical (unpaired) electrons. The molecule has 2 aliphatic heterocycles. The molecule has 6 heteroatoms. The molecule has 216 valence electrons. The lowest BCUT2D eigenvalue weighted by Gasteiger charge is -2.37. The monoisotopic (exact) mass is 536 g/mol. The molecular formula is C33H52N4O2. The molecule has 39 heavy (non-hydrogen) atoms. The highest BCUT2D eigenvalue weighted by molar-refractivity contribution is 5.28. The molecule has 0 bridgehead atoms. The van der Waals surface area contributed by atoms with Crippen molar-refractivity contribution < 1.29 is 9.47 Å². The maximum Gasteiger partial charge on any atom is 0.119 e. The van der Waals surface area contributed by atoms with E-state index in [1.165, 1.54) is 95.8 Å². The predicted octanol–water partition coefficient (Wildman–Crippen LogP) is 5.37. The van der Waals surface area contributed by atoms with Crippen LogP contribution in [0, 0.1) is 0 Å². The minimum Gasteiger partial charge on any atom is -0.494 e. The molecule has 2 aromatic carbocycles. The van der Waals surface area contributed by atoms with Crippen molar-refractivity contribution >= 4 is 0 Å². The third kappa shape index (κ3) is 10.8. The summed E-state index contributed by atoms with van der Waals surface area (Å²) in [5, 5.41) is 0. The molecule has 0 saturated carbocycles. The van der Waals surface area contributed by atoms with Crippen molar-refractivity contribution in [3.05, 3.63) is 59.7 Å². The fraction of sp³-hybridized carbons (Fsp3) is 0.636. The van der Waals surface area contributed by atoms with Gasteiger partial charge in [-0.05, 0) is 67.7 Å². The van der Waals surface area contributed by atoms with Gasteiger partial charge in [0.15, 0.2) is 0 Å². The third-order valence-electron chi connectivity index (χ3n) is 8.07. The fourth-order valence-electron chi connectivity index (χ4n) is 5.43. The van der Waals surface area contributed by atoms with Gasteiger partial charge in [0, 0.05) is 65.4 Å². The minimum atomic E-state index is 0.818. The molecule has 0 aromatic heterocycles. The Hall–Kier alpha value is -2.12. The summed E-state index contributed by atoms with van der Waals surface area (Å²) in [6, 6.07) is 17.4. The number of benzene rings is 2. The molecule has 2 aliphatic rings. The lowest BCUT2D eigenvalue weighted by molar-refractivity contribution is 0.106. The zero-order chi connectivity index (χ0) is 27.1. The van der Waals surface area contributed by atoms with Crippen molar-refractivity contribution in [1.82, 2.24) is 19.6 Å². The SMILES string of the molecule is CCCCOc1ccc(CN2CCN(CCCN3CCN(Cc4ccc(OCCCC)cc4)CC3)CC2)cc1. The number of nitrogens with zero attached hydrogens (tertiary/aromatic N) is 4. The number of piperazine rings is 2. The first-order chi connectivity index (χ1) is 19.2. The predicted molar refractivity (Wildman–Crippen MR) is 162 cm³/mol. The number of hydrogen-bond donors (Lipinski definition) is 0. The number of hydrogen-bond acceptors (Lipinski definition) is 6. The van der Waals surface area contributed by atoms with Gasteiger partial charge >= 0.3 is 0 Å². The fourth-order valence-corrected chi connectivity index (χ4v) is 5.43. The summed E-state index contributed by atoms with van der Waals surface area (Å²) < 4.78 is 11.6. The molecule has 4 rings (SSSR count). The Morgan fingerprint density at radius 2 is 0.846 bits per heavy atom. The van der Waals surface area contributed by atoms with Crippen LogP contribution in [0.5, 0.6) is 11.5 Å². The quantitative estimate of drug-likeness (QED) is 0.268. The molecule has 2 saturated heterocycles. The molecule has 0 amide bonds. The van der Waals surface area contributed by atoms with Crippen molar-refractivity contribution in [3.8, 4) is 11.5 Å². The summed E-state index contributed by atoms with van der Waals surface area (Å²) in [5.41, 5.74) is 2.78. The largest absolute Gasteiger partial charge is 0.494 e. The Bertz CT molecular complexity index is 829. The smallest absolute Gasteiger partial charge is 0.119 e. The topological polar surface area (TPSA) is 31.4 Å². The molecule has 0 unspecified atom stereocenters. The maximum absolute atomic E-state index is 5.80. The van der Waals surface area contributed by atoms with Gasteiger partial charge in [-0.2, -0.15) is 0 Å². The van der Waals surface area contributed by atoms with Crippen molar-refractivity contribution in [2.75, 3.05) is 78.7 Å². The van der Waals surface area contributed by atoms with E-state index in [-0.39, 0.29) is 0 Å². The molecule has 2 fully saturated rings. The van der Waals surface area contributed by atoms with Crippen LogP contribution in [-0.4, -0.2) is 98.3 Å². The van der Waals surface area contributed by atoms with Crippen molar-refractivity contribution in [2.24, 2.45) is 0 Å². The Morgan fingerprint density at radius 1 is 0.487 bits per heavy atom. The highest BCUT2D eigenvalue weighted by atomic mass is 16.5. The average Bonchev–Trinajstić information content (AvgIpc) is 2.97. The van der Waals surface area contributed by atoms with Crippen LogP contribution in [0.25, 0.3) is 0 Å². The minimum absolute atomic E-state index is 0.818. The van der Waals surface area contributed by atoms with Gasteiger partial charge in [0.2, 0.25) is 0 Å². The van der Waals surface area contributed by atoms with Gasteiger partial charge in [-0.1, -0.05) is 51.0 Å². The number of ether oxygens (including phenoxy) is 2. The van der Waals surface area contributed by atoms with Crippen LogP contribution < -0.4 is 9.47 Å². The van der Waals surface area contributed by atoms with Gasteiger partial charge in [-0.15, -0.1) is 0 Å². The van der Waals surface area contributed by atoms with Crippen molar-refractivity contribution in [3.63, 3.8) is 0 Å². The zero-order valence-electron chi connectivity index (χ0n) is 24.7. The van der Waals surface area contributed by atoms with Gasteiger partial charge in [0.1, 0.15) is 11.5 Å². The summed E-state index contributed by atoms with van der Waals surface area (Å²) in [5.74, 6) is 1.99. The third-order valence-corrected chi connectivity index (χ3v) is 8.07. The molecule has 0 spiro atoms. The lowest BCUT2D eigenvalue weighted by atomic mass is 10.2. The zero-order valence-corrected chi connectivity index (χ0v) is 24.7. The van der Waals surface area contributed by atoms with Crippen LogP contribution in [0.4, 0.5) is 0 Å². The van der Waals surface area contributed by atoms with E-state index in [0.717, 1.165) is 50.6 Å². The van der Waals surface area contributed by atoms with Crippen LogP contribution in [0.15, 0.2) is 48.5 Å². The first-order valence-corrected chi connectivity index (χ1v) is 15.5. The summed E-state index contributed by atoms with van der Waals surface area (Å²) in [6.45, 7) is 20.0. The first-order valence-electron chi connectivity index (χ1n) is 15.5. The van der Waals surface area contributed by atoms with Crippen molar-refractivity contribution in [2.45, 2.75) is 59.0 Å². The van der Waals surface area contributed by atoms with E-state index in [0.29, 0.717) is 0 Å². The van der Waals surface area contributed by atoms with Crippen molar-refractivity contribution in [1.29, 1.82) is 0 Å². The van der Waals surface area contributed by atoms with Crippen LogP contribution >= 0.6 is 0 Å². The summed E-state index contributed by atoms with van der Waals surface area (Å²) >= 11 is 0. The Kier molecular flexibility index (Phi) is 12.9. The van der Waals surface area contributed by atoms with Crippen LogP contribution in [-0.2, 0) is 13.1 Å². The van der Waals surface area contributed by atoms with Crippen LogP contribution in [0.2, 0.25) is 0 Å². The van der Waals surface area contributed by atoms with E-state index < -0.39 is 0 Å². The Morgan fingerprint density at radius 3 is 1.21 bits per heavy atom. The molecule has 2 heterocycles. The number of unbranched alkanes of at least 4 members (excludes halogenated alkanes) is 2. The van der Waals surface area contributed by atoms with Gasteiger partial charge in [-0.3, -0.25) is 9.80 Å². The maximum atomic E-state index is 5.80. The van der Waals surface area contributed by atoms with E-state index in [9.17, 15) is 0 Å². The molecule has 2 aromatic rings. The van der Waals surface area contributed by atoms with Crippen LogP contribution in [0.3, 0.4) is 0 Å². The molecule has 0 aliphatic carbocycles. The number of rotatable bonds is 16. The van der Waals surface area contributed by atoms with Gasteiger partial charge in [0.05, 0.1) is 13.2 Å². The molecular weight excluding hydrogens is 484 g/mol. The summed E-state index contributed by atoms with van der Waals surface area (Å²) in [6.07, 6.45) is 5.86. The first kappa shape index (κ1) is 29.9. The Balaban J connectivity index is 1.04. The highest BCUT2D eigenvalue weighted by Gasteiger charge is 2.19. The molecule has 0 atom stereocenters. The van der Waals surface area contributed by atoms with E-state index in [4.69, 9.17) is 9.47 Å². The molecule has 0 N–H and O–H groups in total. The Labute approximate surface area is 237 Å². The van der Waals surface area contributed by atoms with E-state index in [1.54, 1.807) is 0 Å². The highest BCUT2D eigenvalue weighted by Crippen LogP contribution is 2.17. The van der Waals surface area contributed by atoms with Gasteiger partial charge in [-0.25, -0.2) is 0 Å². The average molecular weight is 537 g/mol. The van der Waals surface area contributed by atoms with Gasteiger partial charge in [0.25, 0.3) is 0 Å². The second kappa shape index (κ2) is 16.9. The standard InChI is InChI=1S/C33H52N4O2/c1-3-5-26-38-32-12-8-30(9-13-32)28-36-22-18-34(19-23-36)16-7-17-35-20-24-37(25-21-35)29-31-10-14-33(15-11-31)39-27-6-4-2/h8-15H,3-7,16-29H2,1-2H3. The molecule has 6 nitrogen and oxygen atoms in total. The lowest BCUT2D eigenvalue weighted by Crippen LogP contribution is -2.48. The summed E-state index contributed by atoms with van der Waals surface area (Å²) in [7, 11) is 0. The van der Waals surface area contributed by atoms with Crippen LogP contribution in [0.1, 0.15) is 57.1 Å². The normalized spacial score (nSPS) is 17.9. The van der Waals surface area contributed by atoms with Gasteiger partial charge < -0.3 is 19.3 Å². The summed E-state index contributed by atoms with van der Waals surface area (Å²) in [4.78, 5) is 10.5. The second-order valence-electron chi connectivity index (χ2n) is 11.3. The van der Waals surface area contributed by atoms with E-state index in [1.807, 2.05) is 0 Å². The second-order valence-corrected chi connectivity index (χ2v) is 11.3.